The highest BCUT2D eigenvalue weighted by Gasteiger charge is 2.61. The van der Waals surface area contributed by atoms with Crippen molar-refractivity contribution < 1.29 is 33.5 Å². The summed E-state index contributed by atoms with van der Waals surface area (Å²) in [7, 11) is -1.28. The van der Waals surface area contributed by atoms with E-state index in [4.69, 9.17) is 42.9 Å². The first-order valence-corrected chi connectivity index (χ1v) is 34.9. The van der Waals surface area contributed by atoms with Crippen molar-refractivity contribution in [2.24, 2.45) is 92.7 Å². The van der Waals surface area contributed by atoms with E-state index >= 15 is 0 Å². The molecule has 0 spiro atoms. The zero-order valence-electron chi connectivity index (χ0n) is 49.7. The molecular weight excluding hydrogens is 1040 g/mol. The van der Waals surface area contributed by atoms with E-state index < -0.39 is 22.7 Å². The minimum Gasteiger partial charge on any atom is -0.481 e. The number of alkyl halides is 2. The summed E-state index contributed by atoms with van der Waals surface area (Å²) in [6, 6.07) is 0. The van der Waals surface area contributed by atoms with Crippen LogP contribution in [0.5, 0.6) is 0 Å². The normalized spacial score (nSPS) is 37.0. The van der Waals surface area contributed by atoms with Crippen LogP contribution in [0.15, 0.2) is 23.3 Å². The lowest BCUT2D eigenvalue weighted by Gasteiger charge is -2.58. The molecule has 17 atom stereocenters. The topological polar surface area (TPSA) is 110 Å². The minimum atomic E-state index is -1.28. The molecule has 0 aromatic heterocycles. The van der Waals surface area contributed by atoms with Crippen LogP contribution in [0.3, 0.4) is 0 Å². The van der Waals surface area contributed by atoms with Gasteiger partial charge < -0.3 is 19.7 Å². The Kier molecular flexibility index (Phi) is 26.9. The first-order valence-electron chi connectivity index (χ1n) is 31.2. The van der Waals surface area contributed by atoms with Gasteiger partial charge in [-0.15, -0.1) is 23.2 Å². The van der Waals surface area contributed by atoms with Gasteiger partial charge in [0.15, 0.2) is 0 Å². The molecule has 8 aliphatic rings. The number of ether oxygens (including phenoxy) is 2. The van der Waals surface area contributed by atoms with Gasteiger partial charge in [-0.3, -0.25) is 13.8 Å². The second-order valence-electron chi connectivity index (χ2n) is 28.0. The van der Waals surface area contributed by atoms with Crippen LogP contribution in [0.1, 0.15) is 231 Å². The molecular formula is C66H114Cl2O7S2. The van der Waals surface area contributed by atoms with Crippen molar-refractivity contribution >= 4 is 57.7 Å². The third kappa shape index (κ3) is 16.8. The van der Waals surface area contributed by atoms with Gasteiger partial charge in [0.1, 0.15) is 5.75 Å². The van der Waals surface area contributed by atoms with Gasteiger partial charge in [0.25, 0.3) is 0 Å². The summed E-state index contributed by atoms with van der Waals surface area (Å²) >= 11 is 11.0. The van der Waals surface area contributed by atoms with Crippen LogP contribution < -0.4 is 0 Å². The lowest BCUT2D eigenvalue weighted by molar-refractivity contribution is -0.135. The predicted molar refractivity (Wildman–Crippen MR) is 329 cm³/mol. The molecule has 0 amide bonds. The number of hydrogen-bond acceptors (Lipinski definition) is 6. The maximum absolute atomic E-state index is 11.8. The van der Waals surface area contributed by atoms with E-state index in [0.29, 0.717) is 46.5 Å². The quantitative estimate of drug-likeness (QED) is 0.0559. The molecule has 0 aromatic rings. The molecule has 0 saturated heterocycles. The Morgan fingerprint density at radius 3 is 1.48 bits per heavy atom. The zero-order chi connectivity index (χ0) is 55.4. The van der Waals surface area contributed by atoms with Crippen molar-refractivity contribution in [3.8, 4) is 0 Å². The van der Waals surface area contributed by atoms with Crippen LogP contribution in [-0.2, 0) is 29.9 Å². The van der Waals surface area contributed by atoms with E-state index in [2.05, 4.69) is 81.4 Å². The molecule has 2 N–H and O–H groups in total. The molecule has 0 aromatic carbocycles. The van der Waals surface area contributed by atoms with Gasteiger partial charge in [0.2, 0.25) is 0 Å². The van der Waals surface area contributed by atoms with Crippen LogP contribution >= 0.6 is 35.0 Å². The Bertz CT molecular complexity index is 1930. The predicted octanol–water partition coefficient (Wildman–Crippen LogP) is 18.3. The maximum atomic E-state index is 11.8. The number of allylic oxidation sites excluding steroid dienone is 2. The number of carboxylic acids is 2. The summed E-state index contributed by atoms with van der Waals surface area (Å²) in [5.41, 5.74) is 5.21. The SMILES string of the molecule is C.CC(C)CCC[C@@H](C)[C@H]1CCC2C3CC=C4C[C@@H](OCCCS(=O)CC(=O)O)CC[C@]4(C)C3CC[C@@]21C.CC(C)CCC[C@@H](C)[C@H]1CCC2C3CC=C4C[C@@H](OCCCSCC(=O)O)CC[C@]4(C)C3CC[C@@]21C.ClCCl. The Balaban J connectivity index is 0.000000267. The molecule has 6 saturated carbocycles. The molecule has 6 fully saturated rings. The summed E-state index contributed by atoms with van der Waals surface area (Å²) in [4.78, 5) is 21.4. The molecule has 0 aliphatic heterocycles. The minimum absolute atomic E-state index is 0. The fraction of sp³-hybridized carbons (Fsp3) is 0.909. The molecule has 7 nitrogen and oxygen atoms in total. The van der Waals surface area contributed by atoms with E-state index in [0.717, 1.165) is 109 Å². The second kappa shape index (κ2) is 30.8. The summed E-state index contributed by atoms with van der Waals surface area (Å²) in [5.74, 6) is 10.1. The maximum Gasteiger partial charge on any atom is 0.316 e. The van der Waals surface area contributed by atoms with Crippen LogP contribution in [0.25, 0.3) is 0 Å². The van der Waals surface area contributed by atoms with Gasteiger partial charge in [-0.2, -0.15) is 11.8 Å². The van der Waals surface area contributed by atoms with Crippen molar-refractivity contribution in [1.29, 1.82) is 0 Å². The first kappa shape index (κ1) is 67.2. The van der Waals surface area contributed by atoms with Crippen LogP contribution in [0.4, 0.5) is 0 Å². The third-order valence-electron chi connectivity index (χ3n) is 22.7. The summed E-state index contributed by atoms with van der Waals surface area (Å²) < 4.78 is 24.3. The van der Waals surface area contributed by atoms with Crippen molar-refractivity contribution in [1.82, 2.24) is 0 Å². The smallest absolute Gasteiger partial charge is 0.316 e. The highest BCUT2D eigenvalue weighted by atomic mass is 35.5. The fourth-order valence-corrected chi connectivity index (χ4v) is 20.3. The molecule has 0 bridgehead atoms. The standard InChI is InChI=1S/C32H54O4S.C32H54O3S.CH2Cl2.CH4/c1-22(2)8-6-9-23(3)27-12-13-28-26-11-10-24-20-25(36-18-7-19-37(35)21-30(33)34)14-16-31(24,4)29(26)15-17-32(27,28)5;1-22(2)8-6-9-23(3)27-12-13-28-26-11-10-24-20-25(35-18-7-19-36-21-30(33)34)14-16-31(24,4)29(26)15-17-32(27,28)5;2-1-3;/h10,22-23,25-29H,6-9,11-21H2,1-5H3,(H,33,34);10,22-23,25-29H,6-9,11-21H2,1-5H3,(H,33,34);1H2;1H4/t23-,25+,26?,27-,28?,29?,31+,32-,37?;23-,25+,26?,27-,28?,29?,31+,32-;;/m11../s1. The van der Waals surface area contributed by atoms with E-state index in [-0.39, 0.29) is 30.4 Å². The van der Waals surface area contributed by atoms with Gasteiger partial charge in [0, 0.05) is 29.8 Å². The van der Waals surface area contributed by atoms with Gasteiger partial charge in [-0.25, -0.2) is 0 Å². The van der Waals surface area contributed by atoms with E-state index in [1.54, 1.807) is 11.1 Å². The number of carboxylic acid groups (broad SMARTS) is 2. The van der Waals surface area contributed by atoms with E-state index in [1.165, 1.54) is 134 Å². The van der Waals surface area contributed by atoms with Crippen LogP contribution in [0.2, 0.25) is 0 Å². The number of aliphatic carboxylic acids is 2. The Labute approximate surface area is 488 Å². The summed E-state index contributed by atoms with van der Waals surface area (Å²) in [6.45, 7) is 26.5. The van der Waals surface area contributed by atoms with Crippen molar-refractivity contribution in [2.45, 2.75) is 243 Å². The number of thioether (sulfide) groups is 1. The van der Waals surface area contributed by atoms with Crippen molar-refractivity contribution in [3.05, 3.63) is 23.3 Å². The number of carbonyl (C=O) groups is 2. The Hall–Kier alpha value is -0.580. The summed E-state index contributed by atoms with van der Waals surface area (Å²) in [5, 5.41) is 17.8. The highest BCUT2D eigenvalue weighted by molar-refractivity contribution is 7.99. The Morgan fingerprint density at radius 1 is 0.623 bits per heavy atom. The molecule has 0 radical (unpaired) electrons. The van der Waals surface area contributed by atoms with Gasteiger partial charge in [-0.1, -0.05) is 138 Å². The largest absolute Gasteiger partial charge is 0.481 e. The van der Waals surface area contributed by atoms with Gasteiger partial charge in [0.05, 0.1) is 23.3 Å². The van der Waals surface area contributed by atoms with Gasteiger partial charge in [-0.05, 0) is 214 Å². The molecule has 446 valence electrons. The lowest BCUT2D eigenvalue weighted by Crippen LogP contribution is -2.51. The number of fused-ring (bicyclic) bond motifs is 10. The number of halogens is 2. The van der Waals surface area contributed by atoms with Crippen LogP contribution in [-0.4, -0.2) is 80.1 Å². The van der Waals surface area contributed by atoms with Crippen molar-refractivity contribution in [3.63, 3.8) is 0 Å². The third-order valence-corrected chi connectivity index (χ3v) is 25.0. The second-order valence-corrected chi connectivity index (χ2v) is 31.5. The average Bonchev–Trinajstić information content (AvgIpc) is 3.93. The summed E-state index contributed by atoms with van der Waals surface area (Å²) in [6.07, 6.45) is 37.1. The molecule has 8 aliphatic carbocycles. The molecule has 0 heterocycles. The number of rotatable bonds is 24. The Morgan fingerprint density at radius 2 is 1.06 bits per heavy atom. The number of hydrogen-bond donors (Lipinski definition) is 2. The molecule has 8 rings (SSSR count). The molecule has 77 heavy (non-hydrogen) atoms. The van der Waals surface area contributed by atoms with E-state index in [9.17, 15) is 13.8 Å². The molecule has 11 heteroatoms. The average molecular weight is 1150 g/mol. The molecule has 7 unspecified atom stereocenters. The zero-order valence-corrected chi connectivity index (χ0v) is 52.8. The fourth-order valence-electron chi connectivity index (χ4n) is 18.8. The van der Waals surface area contributed by atoms with E-state index in [1.807, 2.05) is 0 Å². The monoisotopic (exact) mass is 1150 g/mol. The van der Waals surface area contributed by atoms with Crippen LogP contribution in [0, 0.1) is 92.7 Å². The highest BCUT2D eigenvalue weighted by Crippen LogP contribution is 2.69. The lowest BCUT2D eigenvalue weighted by atomic mass is 9.47. The first-order chi connectivity index (χ1) is 36.1. The van der Waals surface area contributed by atoms with Crippen molar-refractivity contribution in [2.75, 3.05) is 41.6 Å². The van der Waals surface area contributed by atoms with Gasteiger partial charge >= 0.3 is 11.9 Å².